The van der Waals surface area contributed by atoms with E-state index in [-0.39, 0.29) is 29.6 Å². The summed E-state index contributed by atoms with van der Waals surface area (Å²) in [6, 6.07) is 4.45. The molecule has 2 aliphatic heterocycles. The molecule has 0 amide bonds. The molecule has 7 nitrogen and oxygen atoms in total. The van der Waals surface area contributed by atoms with Crippen LogP contribution in [-0.4, -0.2) is 61.9 Å². The highest BCUT2D eigenvalue weighted by molar-refractivity contribution is 5.72. The molecule has 184 valence electrons. The molecule has 1 spiro atoms. The number of piperidine rings is 1. The summed E-state index contributed by atoms with van der Waals surface area (Å²) in [4.78, 5) is 25.1. The third kappa shape index (κ3) is 3.93. The Bertz CT molecular complexity index is 990. The van der Waals surface area contributed by atoms with Gasteiger partial charge in [0.15, 0.2) is 11.5 Å². The lowest BCUT2D eigenvalue weighted by molar-refractivity contribution is -0.141. The van der Waals surface area contributed by atoms with Gasteiger partial charge in [0.25, 0.3) is 0 Å². The van der Waals surface area contributed by atoms with Gasteiger partial charge in [-0.15, -0.1) is 0 Å². The van der Waals surface area contributed by atoms with Gasteiger partial charge in [0.1, 0.15) is 12.2 Å². The van der Waals surface area contributed by atoms with E-state index in [2.05, 4.69) is 30.2 Å². The van der Waals surface area contributed by atoms with Crippen molar-refractivity contribution in [3.8, 4) is 11.5 Å². The van der Waals surface area contributed by atoms with E-state index in [1.807, 2.05) is 6.07 Å². The standard InChI is InChI=1S/C27H35NO6/c1-17(29)31-14-6-4-5-7-15-32-23-11-9-20-21-16-19-8-10-22(33-18(2)30)25-24(19)27(20,26(23)34-25)12-13-28(21)3/h8-11,20-21,23,26H,4-7,12-16H2,1-3H3/t20-,21+,23?,26?,27-/m0/s1. The van der Waals surface area contributed by atoms with E-state index in [0.717, 1.165) is 50.8 Å². The number of rotatable bonds is 9. The van der Waals surface area contributed by atoms with Crippen LogP contribution in [0.4, 0.5) is 0 Å². The fraction of sp³-hybridized carbons (Fsp3) is 0.630. The van der Waals surface area contributed by atoms with E-state index in [1.165, 1.54) is 25.0 Å². The predicted octanol–water partition coefficient (Wildman–Crippen LogP) is 3.57. The minimum atomic E-state index is -0.333. The van der Waals surface area contributed by atoms with E-state index < -0.39 is 0 Å². The summed E-state index contributed by atoms with van der Waals surface area (Å²) in [5.74, 6) is 1.08. The van der Waals surface area contributed by atoms with Crippen molar-refractivity contribution in [2.75, 3.05) is 26.8 Å². The van der Waals surface area contributed by atoms with Crippen molar-refractivity contribution >= 4 is 11.9 Å². The Kier molecular flexibility index (Phi) is 6.42. The molecule has 1 aromatic carbocycles. The molecule has 2 heterocycles. The second-order valence-electron chi connectivity index (χ2n) is 10.1. The lowest BCUT2D eigenvalue weighted by Crippen LogP contribution is -2.65. The number of nitrogens with zero attached hydrogens (tertiary/aromatic N) is 1. The van der Waals surface area contributed by atoms with Gasteiger partial charge >= 0.3 is 11.9 Å². The van der Waals surface area contributed by atoms with Gasteiger partial charge in [0.2, 0.25) is 0 Å². The fourth-order valence-electron chi connectivity index (χ4n) is 6.58. The highest BCUT2D eigenvalue weighted by Gasteiger charge is 2.64. The Hall–Kier alpha value is -2.38. The maximum Gasteiger partial charge on any atom is 0.308 e. The summed E-state index contributed by atoms with van der Waals surface area (Å²) in [5.41, 5.74) is 2.41. The summed E-state index contributed by atoms with van der Waals surface area (Å²) in [7, 11) is 2.22. The number of unbranched alkanes of at least 4 members (excludes halogenated alkanes) is 3. The van der Waals surface area contributed by atoms with Crippen molar-refractivity contribution in [3.63, 3.8) is 0 Å². The highest BCUT2D eigenvalue weighted by atomic mass is 16.6. The van der Waals surface area contributed by atoms with Crippen LogP contribution < -0.4 is 9.47 Å². The van der Waals surface area contributed by atoms with Crippen LogP contribution in [0.15, 0.2) is 24.3 Å². The van der Waals surface area contributed by atoms with E-state index in [1.54, 1.807) is 0 Å². The molecule has 2 unspecified atom stereocenters. The zero-order valence-electron chi connectivity index (χ0n) is 20.4. The van der Waals surface area contributed by atoms with Crippen molar-refractivity contribution in [2.24, 2.45) is 5.92 Å². The number of ether oxygens (including phenoxy) is 4. The predicted molar refractivity (Wildman–Crippen MR) is 126 cm³/mol. The molecule has 2 aliphatic carbocycles. The Morgan fingerprint density at radius 1 is 1.09 bits per heavy atom. The van der Waals surface area contributed by atoms with Crippen LogP contribution in [0.3, 0.4) is 0 Å². The van der Waals surface area contributed by atoms with Gasteiger partial charge < -0.3 is 23.8 Å². The quantitative estimate of drug-likeness (QED) is 0.237. The van der Waals surface area contributed by atoms with Crippen molar-refractivity contribution in [1.82, 2.24) is 4.90 Å². The monoisotopic (exact) mass is 469 g/mol. The Morgan fingerprint density at radius 3 is 2.65 bits per heavy atom. The first-order valence-electron chi connectivity index (χ1n) is 12.6. The largest absolute Gasteiger partial charge is 0.482 e. The summed E-state index contributed by atoms with van der Waals surface area (Å²) in [6.07, 6.45) is 10.2. The van der Waals surface area contributed by atoms with Gasteiger partial charge in [-0.2, -0.15) is 0 Å². The number of benzene rings is 1. The topological polar surface area (TPSA) is 74.3 Å². The van der Waals surface area contributed by atoms with Gasteiger partial charge in [-0.1, -0.05) is 24.6 Å². The molecule has 4 aliphatic rings. The summed E-state index contributed by atoms with van der Waals surface area (Å²) in [5, 5.41) is 0. The molecule has 1 fully saturated rings. The molecule has 5 atom stereocenters. The average Bonchev–Trinajstić information content (AvgIpc) is 3.15. The van der Waals surface area contributed by atoms with E-state index >= 15 is 0 Å². The number of carbonyl (C=O) groups excluding carboxylic acids is 2. The van der Waals surface area contributed by atoms with Crippen LogP contribution in [0.2, 0.25) is 0 Å². The molecule has 5 rings (SSSR count). The Labute approximate surface area is 201 Å². The Balaban J connectivity index is 1.32. The number of esters is 2. The van der Waals surface area contributed by atoms with Crippen LogP contribution in [0, 0.1) is 5.92 Å². The number of likely N-dealkylation sites (tertiary alicyclic amines) is 1. The molecule has 0 radical (unpaired) electrons. The summed E-state index contributed by atoms with van der Waals surface area (Å²) >= 11 is 0. The van der Waals surface area contributed by atoms with E-state index in [0.29, 0.717) is 30.9 Å². The van der Waals surface area contributed by atoms with E-state index in [4.69, 9.17) is 18.9 Å². The van der Waals surface area contributed by atoms with Crippen LogP contribution >= 0.6 is 0 Å². The molecule has 34 heavy (non-hydrogen) atoms. The second kappa shape index (κ2) is 9.34. The van der Waals surface area contributed by atoms with Crippen LogP contribution in [-0.2, 0) is 30.9 Å². The molecule has 1 saturated heterocycles. The third-order valence-electron chi connectivity index (χ3n) is 8.02. The third-order valence-corrected chi connectivity index (χ3v) is 8.02. The van der Waals surface area contributed by atoms with Gasteiger partial charge in [0, 0.05) is 43.4 Å². The normalized spacial score (nSPS) is 30.4. The fourth-order valence-corrected chi connectivity index (χ4v) is 6.58. The summed E-state index contributed by atoms with van der Waals surface area (Å²) in [6.45, 7) is 5.03. The molecular formula is C27H35NO6. The maximum atomic E-state index is 11.8. The van der Waals surface area contributed by atoms with Crippen molar-refractivity contribution < 1.29 is 28.5 Å². The highest BCUT2D eigenvalue weighted by Crippen LogP contribution is 2.62. The Morgan fingerprint density at radius 2 is 1.88 bits per heavy atom. The second-order valence-corrected chi connectivity index (χ2v) is 10.1. The van der Waals surface area contributed by atoms with Crippen molar-refractivity contribution in [3.05, 3.63) is 35.4 Å². The van der Waals surface area contributed by atoms with Crippen LogP contribution in [0.5, 0.6) is 11.5 Å². The van der Waals surface area contributed by atoms with Gasteiger partial charge in [-0.3, -0.25) is 9.59 Å². The minimum absolute atomic E-state index is 0.117. The number of carbonyl (C=O) groups is 2. The van der Waals surface area contributed by atoms with E-state index in [9.17, 15) is 9.59 Å². The lowest BCUT2D eigenvalue weighted by atomic mass is 9.53. The molecule has 7 heteroatoms. The first-order chi connectivity index (χ1) is 16.4. The first kappa shape index (κ1) is 23.4. The maximum absolute atomic E-state index is 11.8. The zero-order valence-corrected chi connectivity index (χ0v) is 20.4. The lowest BCUT2D eigenvalue weighted by Gasteiger charge is -2.56. The number of hydrogen-bond acceptors (Lipinski definition) is 7. The van der Waals surface area contributed by atoms with Crippen molar-refractivity contribution in [1.29, 1.82) is 0 Å². The van der Waals surface area contributed by atoms with Gasteiger partial charge in [-0.05, 0) is 57.3 Å². The smallest absolute Gasteiger partial charge is 0.308 e. The zero-order chi connectivity index (χ0) is 23.9. The average molecular weight is 470 g/mol. The number of hydrogen-bond donors (Lipinski definition) is 0. The molecule has 0 N–H and O–H groups in total. The van der Waals surface area contributed by atoms with Gasteiger partial charge in [-0.25, -0.2) is 0 Å². The molecular weight excluding hydrogens is 434 g/mol. The SMILES string of the molecule is CC(=O)OCCCCCCOC1C=C[C@H]2[C@H]3Cc4ccc(OC(C)=O)c5c4[C@@]2(CCN3C)C1O5. The van der Waals surface area contributed by atoms with Crippen LogP contribution in [0.25, 0.3) is 0 Å². The molecule has 1 aromatic rings. The molecule has 0 aromatic heterocycles. The molecule has 0 saturated carbocycles. The van der Waals surface area contributed by atoms with Crippen LogP contribution in [0.1, 0.15) is 57.1 Å². The molecule has 2 bridgehead atoms. The summed E-state index contributed by atoms with van der Waals surface area (Å²) < 4.78 is 23.6. The van der Waals surface area contributed by atoms with Gasteiger partial charge in [0.05, 0.1) is 6.61 Å². The van der Waals surface area contributed by atoms with Crippen molar-refractivity contribution in [2.45, 2.75) is 76.0 Å². The number of likely N-dealkylation sites (N-methyl/N-ethyl adjacent to an activating group) is 1. The minimum Gasteiger partial charge on any atom is -0.482 e. The first-order valence-corrected chi connectivity index (χ1v) is 12.6.